The van der Waals surface area contributed by atoms with Crippen molar-refractivity contribution in [2.24, 2.45) is 0 Å². The van der Waals surface area contributed by atoms with Crippen LogP contribution in [0.15, 0.2) is 12.2 Å². The summed E-state index contributed by atoms with van der Waals surface area (Å²) in [6.45, 7) is 4.70. The number of nitrogens with zero attached hydrogens (tertiary/aromatic N) is 1. The van der Waals surface area contributed by atoms with Gasteiger partial charge in [0.25, 0.3) is 0 Å². The van der Waals surface area contributed by atoms with Crippen molar-refractivity contribution in [2.45, 2.75) is 167 Å². The third-order valence-corrected chi connectivity index (χ3v) is 9.00. The van der Waals surface area contributed by atoms with Crippen LogP contribution in [-0.2, 0) is 18.4 Å². The largest absolute Gasteiger partial charge is 0.472 e. The molecular weight excluding hydrogens is 575 g/mol. The maximum atomic E-state index is 12.6. The first-order valence-corrected chi connectivity index (χ1v) is 19.5. The van der Waals surface area contributed by atoms with Crippen molar-refractivity contribution in [3.8, 4) is 0 Å². The quantitative estimate of drug-likeness (QED) is 0.0292. The molecule has 0 aliphatic carbocycles. The van der Waals surface area contributed by atoms with Crippen molar-refractivity contribution in [3.05, 3.63) is 12.2 Å². The fraction of sp³-hybridized carbons (Fsp3) is 0.914. The van der Waals surface area contributed by atoms with Gasteiger partial charge in [-0.1, -0.05) is 122 Å². The molecule has 3 atom stereocenters. The summed E-state index contributed by atoms with van der Waals surface area (Å²) in [5.41, 5.74) is 0. The van der Waals surface area contributed by atoms with Crippen molar-refractivity contribution in [1.82, 2.24) is 5.32 Å². The smallest absolute Gasteiger partial charge is 0.391 e. The summed E-state index contributed by atoms with van der Waals surface area (Å²) in [6.07, 6.45) is 28.8. The summed E-state index contributed by atoms with van der Waals surface area (Å²) in [7, 11) is 1.61. The second-order valence-corrected chi connectivity index (χ2v) is 15.1. The number of aliphatic hydroxyl groups is 1. The number of nitrogens with one attached hydrogen (secondary N) is 1. The zero-order chi connectivity index (χ0) is 32.9. The Hall–Kier alpha value is -0.760. The first-order chi connectivity index (χ1) is 21.0. The first kappa shape index (κ1) is 43.2. The molecule has 0 rings (SSSR count). The van der Waals surface area contributed by atoms with Crippen LogP contribution in [0.25, 0.3) is 0 Å². The minimum Gasteiger partial charge on any atom is -0.391 e. The monoisotopic (exact) mass is 648 g/mol. The van der Waals surface area contributed by atoms with Crippen LogP contribution in [0.2, 0.25) is 0 Å². The average Bonchev–Trinajstić information content (AvgIpc) is 2.95. The van der Waals surface area contributed by atoms with Crippen LogP contribution < -0.4 is 5.32 Å². The number of amides is 1. The van der Waals surface area contributed by atoms with Gasteiger partial charge in [0.05, 0.1) is 39.9 Å². The molecule has 0 aromatic carbocycles. The van der Waals surface area contributed by atoms with Crippen LogP contribution in [0.4, 0.5) is 0 Å². The van der Waals surface area contributed by atoms with Gasteiger partial charge in [0, 0.05) is 6.42 Å². The van der Waals surface area contributed by atoms with Gasteiger partial charge in [0.15, 0.2) is 0 Å². The number of hydrogen-bond acceptors (Lipinski definition) is 5. The molecular formula is C35H72N2O6P+. The molecule has 0 spiro atoms. The van der Waals surface area contributed by atoms with Gasteiger partial charge in [-0.05, 0) is 38.5 Å². The molecule has 0 radical (unpaired) electrons. The Kier molecular flexibility index (Phi) is 28.0. The minimum absolute atomic E-state index is 0.0738. The van der Waals surface area contributed by atoms with Gasteiger partial charge in [-0.2, -0.15) is 0 Å². The highest BCUT2D eigenvalue weighted by molar-refractivity contribution is 7.47. The Bertz CT molecular complexity index is 743. The molecule has 0 saturated heterocycles. The van der Waals surface area contributed by atoms with E-state index in [0.717, 1.165) is 38.5 Å². The van der Waals surface area contributed by atoms with E-state index >= 15 is 0 Å². The normalized spacial score (nSPS) is 15.0. The number of carbonyl (C=O) groups excluding carboxylic acids is 1. The zero-order valence-electron chi connectivity index (χ0n) is 29.4. The third kappa shape index (κ3) is 29.9. The Morgan fingerprint density at radius 1 is 0.750 bits per heavy atom. The number of quaternary nitrogens is 1. The van der Waals surface area contributed by atoms with Gasteiger partial charge >= 0.3 is 7.82 Å². The molecule has 0 saturated carbocycles. The Morgan fingerprint density at radius 3 is 1.75 bits per heavy atom. The van der Waals surface area contributed by atoms with Crippen LogP contribution in [-0.4, -0.2) is 73.4 Å². The molecule has 262 valence electrons. The molecule has 0 aliphatic rings. The van der Waals surface area contributed by atoms with Gasteiger partial charge in [-0.25, -0.2) is 4.57 Å². The van der Waals surface area contributed by atoms with E-state index < -0.39 is 20.0 Å². The van der Waals surface area contributed by atoms with E-state index in [2.05, 4.69) is 31.3 Å². The Morgan fingerprint density at radius 2 is 1.23 bits per heavy atom. The number of phosphoric acid groups is 1. The van der Waals surface area contributed by atoms with Gasteiger partial charge in [-0.3, -0.25) is 13.8 Å². The molecule has 0 aliphatic heterocycles. The van der Waals surface area contributed by atoms with Crippen molar-refractivity contribution in [2.75, 3.05) is 40.9 Å². The summed E-state index contributed by atoms with van der Waals surface area (Å²) < 4.78 is 23.2. The number of unbranched alkanes of at least 4 members (excludes halogenated alkanes) is 17. The zero-order valence-corrected chi connectivity index (χ0v) is 30.3. The lowest BCUT2D eigenvalue weighted by Gasteiger charge is -2.26. The average molecular weight is 648 g/mol. The van der Waals surface area contributed by atoms with E-state index in [1.165, 1.54) is 89.9 Å². The minimum atomic E-state index is -4.28. The maximum Gasteiger partial charge on any atom is 0.472 e. The van der Waals surface area contributed by atoms with Crippen LogP contribution in [0, 0.1) is 0 Å². The fourth-order valence-corrected chi connectivity index (χ4v) is 5.77. The predicted octanol–water partition coefficient (Wildman–Crippen LogP) is 8.85. The number of allylic oxidation sites excluding steroid dienone is 2. The van der Waals surface area contributed by atoms with Crippen LogP contribution in [0.3, 0.4) is 0 Å². The highest BCUT2D eigenvalue weighted by atomic mass is 31.2. The predicted molar refractivity (Wildman–Crippen MR) is 185 cm³/mol. The molecule has 3 N–H and O–H groups in total. The number of phosphoric ester groups is 1. The highest BCUT2D eigenvalue weighted by Gasteiger charge is 2.28. The molecule has 0 aromatic rings. The van der Waals surface area contributed by atoms with Crippen LogP contribution in [0.1, 0.15) is 155 Å². The number of hydrogen-bond donors (Lipinski definition) is 3. The highest BCUT2D eigenvalue weighted by Crippen LogP contribution is 2.43. The van der Waals surface area contributed by atoms with Crippen molar-refractivity contribution >= 4 is 13.7 Å². The summed E-state index contributed by atoms with van der Waals surface area (Å²) in [6, 6.07) is -0.752. The topological polar surface area (TPSA) is 105 Å². The van der Waals surface area contributed by atoms with Gasteiger partial charge in [0.2, 0.25) is 5.91 Å². The summed E-state index contributed by atoms with van der Waals surface area (Å²) in [5.74, 6) is -0.159. The van der Waals surface area contributed by atoms with E-state index in [0.29, 0.717) is 23.9 Å². The second kappa shape index (κ2) is 28.5. The van der Waals surface area contributed by atoms with Crippen molar-refractivity contribution in [1.29, 1.82) is 0 Å². The van der Waals surface area contributed by atoms with Gasteiger partial charge in [-0.15, -0.1) is 0 Å². The summed E-state index contributed by atoms with van der Waals surface area (Å²) >= 11 is 0. The van der Waals surface area contributed by atoms with Gasteiger partial charge in [0.1, 0.15) is 13.2 Å². The van der Waals surface area contributed by atoms with Crippen LogP contribution in [0.5, 0.6) is 0 Å². The lowest BCUT2D eigenvalue weighted by atomic mass is 10.0. The van der Waals surface area contributed by atoms with Gasteiger partial charge < -0.3 is 19.8 Å². The number of aliphatic hydroxyl groups excluding tert-OH is 1. The van der Waals surface area contributed by atoms with Crippen molar-refractivity contribution in [3.63, 3.8) is 0 Å². The van der Waals surface area contributed by atoms with E-state index in [9.17, 15) is 19.4 Å². The molecule has 1 amide bonds. The summed E-state index contributed by atoms with van der Waals surface area (Å²) in [4.78, 5) is 22.7. The third-order valence-electron chi connectivity index (χ3n) is 8.01. The summed E-state index contributed by atoms with van der Waals surface area (Å²) in [5, 5.41) is 13.5. The Labute approximate surface area is 272 Å². The van der Waals surface area contributed by atoms with E-state index in [4.69, 9.17) is 9.05 Å². The number of likely N-dealkylation sites (N-methyl/N-ethyl adjacent to an activating group) is 1. The van der Waals surface area contributed by atoms with Crippen molar-refractivity contribution < 1.29 is 32.9 Å². The molecule has 0 bridgehead atoms. The van der Waals surface area contributed by atoms with E-state index in [-0.39, 0.29) is 19.1 Å². The molecule has 0 fully saturated rings. The second-order valence-electron chi connectivity index (χ2n) is 13.6. The standard InChI is InChI=1S/C35H71N2O6P/c1-6-8-10-11-12-13-14-15-16-17-18-19-20-21-22-23-24-25-27-29-35(39)36-33(34(38)28-26-9-7-2)32-43-44(40,41)42-31-30-37(3,4)5/h15-16,33-34,38H,6-14,17-32H2,1-5H3,(H-,36,39,40,41)/p+1/b16-15-. The first-order valence-electron chi connectivity index (χ1n) is 18.1. The molecule has 0 heterocycles. The number of rotatable bonds is 32. The molecule has 8 nitrogen and oxygen atoms in total. The van der Waals surface area contributed by atoms with E-state index in [1.807, 2.05) is 21.1 Å². The number of carbonyl (C=O) groups is 1. The molecule has 0 aromatic heterocycles. The van der Waals surface area contributed by atoms with E-state index in [1.54, 1.807) is 0 Å². The SMILES string of the molecule is CCCCCCCC/C=C\CCCCCCCCCCCC(=O)NC(COP(=O)(O)OCC[N+](C)(C)C)C(O)CCCCC. The molecule has 9 heteroatoms. The maximum absolute atomic E-state index is 12.6. The molecule has 3 unspecified atom stereocenters. The lowest BCUT2D eigenvalue weighted by Crippen LogP contribution is -2.46. The van der Waals surface area contributed by atoms with Crippen LogP contribution >= 0.6 is 7.82 Å². The fourth-order valence-electron chi connectivity index (χ4n) is 5.04. The lowest BCUT2D eigenvalue weighted by molar-refractivity contribution is -0.870. The molecule has 44 heavy (non-hydrogen) atoms. The Balaban J connectivity index is 4.06.